The normalized spacial score (nSPS) is 29.1. The number of hydrogen-bond acceptors (Lipinski definition) is 2. The van der Waals surface area contributed by atoms with Gasteiger partial charge in [-0.2, -0.15) is 0 Å². The van der Waals surface area contributed by atoms with Crippen molar-refractivity contribution in [3.63, 3.8) is 0 Å². The van der Waals surface area contributed by atoms with Gasteiger partial charge in [-0.05, 0) is 31.6 Å². The quantitative estimate of drug-likeness (QED) is 0.815. The summed E-state index contributed by atoms with van der Waals surface area (Å²) in [6.45, 7) is 7.48. The van der Waals surface area contributed by atoms with Gasteiger partial charge in [0.1, 0.15) is 0 Å². The molecule has 104 valence electrons. The third-order valence-corrected chi connectivity index (χ3v) is 4.71. The van der Waals surface area contributed by atoms with Crippen molar-refractivity contribution in [2.45, 2.75) is 58.4 Å². The predicted molar refractivity (Wildman–Crippen MR) is 74.4 cm³/mol. The van der Waals surface area contributed by atoms with Crippen LogP contribution in [-0.2, 0) is 4.79 Å². The van der Waals surface area contributed by atoms with Crippen molar-refractivity contribution < 1.29 is 4.79 Å². The van der Waals surface area contributed by atoms with Gasteiger partial charge in [0.2, 0.25) is 5.91 Å². The van der Waals surface area contributed by atoms with Gasteiger partial charge in [0.25, 0.3) is 0 Å². The smallest absolute Gasteiger partial charge is 0.225 e. The molecule has 0 bridgehead atoms. The number of rotatable bonds is 5. The number of carbonyl (C=O) groups is 1. The SMILES string of the molecule is CCCCC(CC)C(=O)N1CCCC2CNCC21. The van der Waals surface area contributed by atoms with E-state index >= 15 is 0 Å². The molecule has 2 heterocycles. The van der Waals surface area contributed by atoms with Crippen molar-refractivity contribution in [1.29, 1.82) is 0 Å². The molecule has 0 aliphatic carbocycles. The molecular formula is C15H28N2O. The Bertz CT molecular complexity index is 280. The average molecular weight is 252 g/mol. The van der Waals surface area contributed by atoms with E-state index in [-0.39, 0.29) is 5.92 Å². The van der Waals surface area contributed by atoms with Gasteiger partial charge in [-0.25, -0.2) is 0 Å². The monoisotopic (exact) mass is 252 g/mol. The summed E-state index contributed by atoms with van der Waals surface area (Å²) < 4.78 is 0. The first-order valence-corrected chi connectivity index (χ1v) is 7.79. The molecule has 2 fully saturated rings. The fourth-order valence-electron chi connectivity index (χ4n) is 3.53. The molecule has 2 aliphatic heterocycles. The lowest BCUT2D eigenvalue weighted by molar-refractivity contribution is -0.140. The number of likely N-dealkylation sites (tertiary alicyclic amines) is 1. The molecule has 3 heteroatoms. The maximum Gasteiger partial charge on any atom is 0.225 e. The van der Waals surface area contributed by atoms with Gasteiger partial charge in [0.05, 0.1) is 0 Å². The summed E-state index contributed by atoms with van der Waals surface area (Å²) in [6.07, 6.45) is 6.95. The number of nitrogens with zero attached hydrogens (tertiary/aromatic N) is 1. The molecule has 0 saturated carbocycles. The summed E-state index contributed by atoms with van der Waals surface area (Å²) in [5.41, 5.74) is 0. The van der Waals surface area contributed by atoms with E-state index in [2.05, 4.69) is 24.1 Å². The fraction of sp³-hybridized carbons (Fsp3) is 0.933. The number of unbranched alkanes of at least 4 members (excludes halogenated alkanes) is 1. The Balaban J connectivity index is 1.97. The predicted octanol–water partition coefficient (Wildman–Crippen LogP) is 2.41. The largest absolute Gasteiger partial charge is 0.338 e. The summed E-state index contributed by atoms with van der Waals surface area (Å²) >= 11 is 0. The topological polar surface area (TPSA) is 32.3 Å². The average Bonchev–Trinajstić information content (AvgIpc) is 2.87. The Hall–Kier alpha value is -0.570. The van der Waals surface area contributed by atoms with Gasteiger partial charge in [0, 0.05) is 31.6 Å². The molecule has 0 aromatic carbocycles. The lowest BCUT2D eigenvalue weighted by Crippen LogP contribution is -2.50. The summed E-state index contributed by atoms with van der Waals surface area (Å²) in [4.78, 5) is 14.9. The molecule has 1 N–H and O–H groups in total. The Morgan fingerprint density at radius 3 is 2.94 bits per heavy atom. The summed E-state index contributed by atoms with van der Waals surface area (Å²) in [5, 5.41) is 3.46. The van der Waals surface area contributed by atoms with E-state index in [9.17, 15) is 4.79 Å². The first-order chi connectivity index (χ1) is 8.77. The van der Waals surface area contributed by atoms with Crippen LogP contribution in [0.4, 0.5) is 0 Å². The molecule has 2 aliphatic rings. The molecule has 3 unspecified atom stereocenters. The number of carbonyl (C=O) groups excluding carboxylic acids is 1. The van der Waals surface area contributed by atoms with Gasteiger partial charge in [-0.3, -0.25) is 4.79 Å². The van der Waals surface area contributed by atoms with Crippen molar-refractivity contribution in [2.75, 3.05) is 19.6 Å². The number of fused-ring (bicyclic) bond motifs is 1. The lowest BCUT2D eigenvalue weighted by atomic mass is 9.89. The Morgan fingerprint density at radius 1 is 1.39 bits per heavy atom. The Morgan fingerprint density at radius 2 is 2.22 bits per heavy atom. The van der Waals surface area contributed by atoms with Crippen LogP contribution in [0.3, 0.4) is 0 Å². The highest BCUT2D eigenvalue weighted by molar-refractivity contribution is 5.79. The highest BCUT2D eigenvalue weighted by Gasteiger charge is 2.38. The second-order valence-corrected chi connectivity index (χ2v) is 5.91. The van der Waals surface area contributed by atoms with Crippen LogP contribution in [0.15, 0.2) is 0 Å². The van der Waals surface area contributed by atoms with E-state index < -0.39 is 0 Å². The standard InChI is InChI=1S/C15H28N2O/c1-3-5-7-12(4-2)15(18)17-9-6-8-13-10-16-11-14(13)17/h12-14,16H,3-11H2,1-2H3. The molecule has 0 aromatic rings. The first-order valence-electron chi connectivity index (χ1n) is 7.79. The number of nitrogens with one attached hydrogen (secondary N) is 1. The number of hydrogen-bond donors (Lipinski definition) is 1. The summed E-state index contributed by atoms with van der Waals surface area (Å²) in [7, 11) is 0. The third-order valence-electron chi connectivity index (χ3n) is 4.71. The molecular weight excluding hydrogens is 224 g/mol. The number of amides is 1. The highest BCUT2D eigenvalue weighted by Crippen LogP contribution is 2.29. The second kappa shape index (κ2) is 6.55. The molecule has 3 atom stereocenters. The summed E-state index contributed by atoms with van der Waals surface area (Å²) in [6, 6.07) is 0.488. The fourth-order valence-corrected chi connectivity index (χ4v) is 3.53. The van der Waals surface area contributed by atoms with E-state index in [0.29, 0.717) is 17.9 Å². The van der Waals surface area contributed by atoms with Gasteiger partial charge in [-0.15, -0.1) is 0 Å². The van der Waals surface area contributed by atoms with Crippen LogP contribution in [0.25, 0.3) is 0 Å². The summed E-state index contributed by atoms with van der Waals surface area (Å²) in [5.74, 6) is 1.42. The zero-order valence-corrected chi connectivity index (χ0v) is 12.0. The maximum atomic E-state index is 12.7. The van der Waals surface area contributed by atoms with Crippen LogP contribution in [0.1, 0.15) is 52.4 Å². The number of piperidine rings is 1. The van der Waals surface area contributed by atoms with Crippen molar-refractivity contribution in [3.05, 3.63) is 0 Å². The van der Waals surface area contributed by atoms with Crippen molar-refractivity contribution in [2.24, 2.45) is 11.8 Å². The Kier molecular flexibility index (Phi) is 5.04. The van der Waals surface area contributed by atoms with Crippen LogP contribution < -0.4 is 5.32 Å². The third kappa shape index (κ3) is 2.87. The maximum absolute atomic E-state index is 12.7. The lowest BCUT2D eigenvalue weighted by Gasteiger charge is -2.39. The van der Waals surface area contributed by atoms with Gasteiger partial charge < -0.3 is 10.2 Å². The Labute approximate surface area is 111 Å². The van der Waals surface area contributed by atoms with E-state index in [0.717, 1.165) is 32.5 Å². The van der Waals surface area contributed by atoms with Gasteiger partial charge in [-0.1, -0.05) is 26.7 Å². The molecule has 0 spiro atoms. The molecule has 1 amide bonds. The van der Waals surface area contributed by atoms with Crippen LogP contribution in [-0.4, -0.2) is 36.5 Å². The minimum atomic E-state index is 0.268. The molecule has 3 nitrogen and oxygen atoms in total. The molecule has 0 aromatic heterocycles. The second-order valence-electron chi connectivity index (χ2n) is 5.91. The van der Waals surface area contributed by atoms with Crippen LogP contribution in [0, 0.1) is 11.8 Å². The van der Waals surface area contributed by atoms with E-state index in [1.807, 2.05) is 0 Å². The first kappa shape index (κ1) is 13.9. The van der Waals surface area contributed by atoms with E-state index in [4.69, 9.17) is 0 Å². The van der Waals surface area contributed by atoms with Crippen molar-refractivity contribution in [1.82, 2.24) is 10.2 Å². The molecule has 18 heavy (non-hydrogen) atoms. The minimum absolute atomic E-state index is 0.268. The van der Waals surface area contributed by atoms with Crippen molar-refractivity contribution >= 4 is 5.91 Å². The van der Waals surface area contributed by atoms with Crippen LogP contribution in [0.5, 0.6) is 0 Å². The minimum Gasteiger partial charge on any atom is -0.338 e. The van der Waals surface area contributed by atoms with E-state index in [1.165, 1.54) is 25.7 Å². The van der Waals surface area contributed by atoms with Crippen LogP contribution >= 0.6 is 0 Å². The van der Waals surface area contributed by atoms with Crippen molar-refractivity contribution in [3.8, 4) is 0 Å². The van der Waals surface area contributed by atoms with Crippen LogP contribution in [0.2, 0.25) is 0 Å². The van der Waals surface area contributed by atoms with Gasteiger partial charge in [0.15, 0.2) is 0 Å². The molecule has 0 radical (unpaired) electrons. The highest BCUT2D eigenvalue weighted by atomic mass is 16.2. The van der Waals surface area contributed by atoms with Gasteiger partial charge >= 0.3 is 0 Å². The zero-order valence-electron chi connectivity index (χ0n) is 12.0. The molecule has 2 saturated heterocycles. The zero-order chi connectivity index (χ0) is 13.0. The molecule has 2 rings (SSSR count). The van der Waals surface area contributed by atoms with E-state index in [1.54, 1.807) is 0 Å².